The van der Waals surface area contributed by atoms with E-state index in [1.807, 2.05) is 19.9 Å². The Labute approximate surface area is 147 Å². The summed E-state index contributed by atoms with van der Waals surface area (Å²) in [6.45, 7) is 3.77. The second-order valence-electron chi connectivity index (χ2n) is 5.34. The highest BCUT2D eigenvalue weighted by Gasteiger charge is 2.11. The van der Waals surface area contributed by atoms with Gasteiger partial charge in [-0.2, -0.15) is 5.26 Å². The normalized spacial score (nSPS) is 10.8. The molecule has 0 saturated heterocycles. The predicted molar refractivity (Wildman–Crippen MR) is 95.4 cm³/mol. The first kappa shape index (κ1) is 16.5. The lowest BCUT2D eigenvalue weighted by Crippen LogP contribution is -2.11. The highest BCUT2D eigenvalue weighted by Crippen LogP contribution is 2.26. The zero-order valence-corrected chi connectivity index (χ0v) is 14.6. The first-order valence-corrected chi connectivity index (χ1v) is 8.54. The summed E-state index contributed by atoms with van der Waals surface area (Å²) >= 11 is 7.29. The first-order chi connectivity index (χ1) is 11.5. The molecule has 1 N–H and O–H groups in total. The van der Waals surface area contributed by atoms with Crippen molar-refractivity contribution in [3.8, 4) is 6.07 Å². The smallest absolute Gasteiger partial charge is 0.258 e. The van der Waals surface area contributed by atoms with E-state index in [4.69, 9.17) is 11.6 Å². The van der Waals surface area contributed by atoms with Crippen LogP contribution >= 0.6 is 23.4 Å². The third kappa shape index (κ3) is 3.28. The Morgan fingerprint density at radius 2 is 2.08 bits per heavy atom. The molecule has 0 aliphatic carbocycles. The molecule has 0 atom stereocenters. The zero-order valence-electron chi connectivity index (χ0n) is 13.1. The number of thioether (sulfide) groups is 1. The van der Waals surface area contributed by atoms with Crippen LogP contribution in [0.3, 0.4) is 0 Å². The van der Waals surface area contributed by atoms with Crippen molar-refractivity contribution < 1.29 is 0 Å². The second-order valence-corrected chi connectivity index (χ2v) is 6.74. The number of aromatic nitrogens is 3. The number of aryl methyl sites for hydroxylation is 2. The molecule has 0 amide bonds. The summed E-state index contributed by atoms with van der Waals surface area (Å²) in [5.41, 5.74) is 2.66. The van der Waals surface area contributed by atoms with Crippen LogP contribution in [0.2, 0.25) is 5.02 Å². The van der Waals surface area contributed by atoms with E-state index in [1.165, 1.54) is 11.8 Å². The van der Waals surface area contributed by atoms with Crippen LogP contribution in [0.5, 0.6) is 0 Å². The van der Waals surface area contributed by atoms with Crippen molar-refractivity contribution in [3.63, 3.8) is 0 Å². The lowest BCUT2D eigenvalue weighted by molar-refractivity contribution is 1.01. The minimum absolute atomic E-state index is 0.230. The average molecular weight is 357 g/mol. The molecule has 2 aromatic heterocycles. The number of hydrogen-bond acceptors (Lipinski definition) is 5. The molecule has 0 radical (unpaired) electrons. The summed E-state index contributed by atoms with van der Waals surface area (Å²) in [7, 11) is 0. The van der Waals surface area contributed by atoms with Gasteiger partial charge in [-0.15, -0.1) is 0 Å². The van der Waals surface area contributed by atoms with Crippen LogP contribution in [0.25, 0.3) is 10.9 Å². The van der Waals surface area contributed by atoms with Crippen LogP contribution in [0.15, 0.2) is 34.1 Å². The molecule has 0 bridgehead atoms. The number of nitrogens with one attached hydrogen (secondary N) is 1. The Morgan fingerprint density at radius 1 is 1.29 bits per heavy atom. The summed E-state index contributed by atoms with van der Waals surface area (Å²) in [6, 6.07) is 9.08. The van der Waals surface area contributed by atoms with Crippen LogP contribution in [0, 0.1) is 25.2 Å². The maximum absolute atomic E-state index is 12.2. The van der Waals surface area contributed by atoms with Crippen LogP contribution in [-0.4, -0.2) is 15.0 Å². The number of halogens is 1. The monoisotopic (exact) mass is 356 g/mol. The fourth-order valence-corrected chi connectivity index (χ4v) is 3.55. The summed E-state index contributed by atoms with van der Waals surface area (Å²) in [4.78, 5) is 23.8. The summed E-state index contributed by atoms with van der Waals surface area (Å²) in [5.74, 6) is 0.947. The number of pyridine rings is 1. The fourth-order valence-electron chi connectivity index (χ4n) is 2.41. The number of H-pyrrole nitrogens is 1. The Balaban J connectivity index is 1.93. The third-order valence-electron chi connectivity index (χ3n) is 3.49. The van der Waals surface area contributed by atoms with Gasteiger partial charge < -0.3 is 4.98 Å². The molecule has 2 heterocycles. The molecule has 0 saturated carbocycles. The largest absolute Gasteiger partial charge is 0.309 e. The molecular formula is C17H13ClN4OS. The number of aromatic amines is 1. The second kappa shape index (κ2) is 6.63. The maximum atomic E-state index is 12.2. The number of fused-ring (bicyclic) bond motifs is 1. The van der Waals surface area contributed by atoms with Gasteiger partial charge in [0.1, 0.15) is 16.9 Å². The van der Waals surface area contributed by atoms with E-state index < -0.39 is 0 Å². The van der Waals surface area contributed by atoms with Crippen molar-refractivity contribution in [2.24, 2.45) is 0 Å². The van der Waals surface area contributed by atoms with Crippen LogP contribution in [0.4, 0.5) is 0 Å². The van der Waals surface area contributed by atoms with Gasteiger partial charge in [0.2, 0.25) is 0 Å². The highest BCUT2D eigenvalue weighted by atomic mass is 35.5. The quantitative estimate of drug-likeness (QED) is 0.722. The Kier molecular flexibility index (Phi) is 4.56. The minimum Gasteiger partial charge on any atom is -0.309 e. The number of benzene rings is 1. The minimum atomic E-state index is -0.230. The van der Waals surface area contributed by atoms with Crippen molar-refractivity contribution in [2.75, 3.05) is 0 Å². The molecule has 7 heteroatoms. The van der Waals surface area contributed by atoms with Gasteiger partial charge >= 0.3 is 0 Å². The fraction of sp³-hybridized carbons (Fsp3) is 0.176. The Bertz CT molecular complexity index is 1040. The van der Waals surface area contributed by atoms with Crippen molar-refractivity contribution >= 4 is 34.3 Å². The van der Waals surface area contributed by atoms with E-state index in [2.05, 4.69) is 21.0 Å². The molecule has 120 valence electrons. The van der Waals surface area contributed by atoms with Gasteiger partial charge in [0.05, 0.1) is 22.2 Å². The van der Waals surface area contributed by atoms with E-state index in [0.29, 0.717) is 38.1 Å². The van der Waals surface area contributed by atoms with Crippen molar-refractivity contribution in [1.82, 2.24) is 15.0 Å². The zero-order chi connectivity index (χ0) is 17.3. The van der Waals surface area contributed by atoms with Gasteiger partial charge in [-0.05, 0) is 43.7 Å². The molecule has 0 spiro atoms. The number of rotatable bonds is 3. The van der Waals surface area contributed by atoms with Crippen molar-refractivity contribution in [2.45, 2.75) is 24.6 Å². The summed E-state index contributed by atoms with van der Waals surface area (Å²) < 4.78 is 0. The molecular weight excluding hydrogens is 344 g/mol. The van der Waals surface area contributed by atoms with E-state index in [9.17, 15) is 10.1 Å². The standard InChI is InChI=1S/C17H13ClN4OS/c1-9-5-10(2)20-17(13(9)7-19)24-8-15-21-14-4-3-11(18)6-12(14)16(23)22-15/h3-6H,8H2,1-2H3,(H,21,22,23). The van der Waals surface area contributed by atoms with E-state index in [-0.39, 0.29) is 5.56 Å². The molecule has 3 aromatic rings. The van der Waals surface area contributed by atoms with Crippen LogP contribution in [-0.2, 0) is 5.75 Å². The molecule has 1 aromatic carbocycles. The van der Waals surface area contributed by atoms with Gasteiger partial charge in [-0.3, -0.25) is 4.79 Å². The first-order valence-electron chi connectivity index (χ1n) is 7.17. The summed E-state index contributed by atoms with van der Waals surface area (Å²) in [6.07, 6.45) is 0. The molecule has 3 rings (SSSR count). The van der Waals surface area contributed by atoms with Gasteiger partial charge in [0.15, 0.2) is 0 Å². The molecule has 0 aliphatic heterocycles. The maximum Gasteiger partial charge on any atom is 0.258 e. The van der Waals surface area contributed by atoms with E-state index in [1.54, 1.807) is 18.2 Å². The van der Waals surface area contributed by atoms with Crippen LogP contribution < -0.4 is 5.56 Å². The average Bonchev–Trinajstić information content (AvgIpc) is 2.53. The molecule has 0 unspecified atom stereocenters. The van der Waals surface area contributed by atoms with Gasteiger partial charge in [-0.25, -0.2) is 9.97 Å². The number of nitriles is 1. The third-order valence-corrected chi connectivity index (χ3v) is 4.71. The molecule has 24 heavy (non-hydrogen) atoms. The summed E-state index contributed by atoms with van der Waals surface area (Å²) in [5, 5.41) is 10.9. The predicted octanol–water partition coefficient (Wildman–Crippen LogP) is 3.75. The van der Waals surface area contributed by atoms with Gasteiger partial charge in [0, 0.05) is 10.7 Å². The molecule has 0 aliphatic rings. The van der Waals surface area contributed by atoms with Gasteiger partial charge in [0.25, 0.3) is 5.56 Å². The number of hydrogen-bond donors (Lipinski definition) is 1. The molecule has 0 fully saturated rings. The van der Waals surface area contributed by atoms with Crippen LogP contribution in [0.1, 0.15) is 22.6 Å². The topological polar surface area (TPSA) is 82.4 Å². The molecule has 5 nitrogen and oxygen atoms in total. The van der Waals surface area contributed by atoms with E-state index >= 15 is 0 Å². The van der Waals surface area contributed by atoms with Gasteiger partial charge in [-0.1, -0.05) is 23.4 Å². The Morgan fingerprint density at radius 3 is 2.83 bits per heavy atom. The van der Waals surface area contributed by atoms with E-state index in [0.717, 1.165) is 11.3 Å². The van der Waals surface area contributed by atoms with Crippen molar-refractivity contribution in [3.05, 3.63) is 62.3 Å². The lowest BCUT2D eigenvalue weighted by Gasteiger charge is -2.07. The Hall–Kier alpha value is -2.36. The number of nitrogens with zero attached hydrogens (tertiary/aromatic N) is 3. The van der Waals surface area contributed by atoms with Crippen molar-refractivity contribution in [1.29, 1.82) is 5.26 Å². The lowest BCUT2D eigenvalue weighted by atomic mass is 10.1. The highest BCUT2D eigenvalue weighted by molar-refractivity contribution is 7.98. The SMILES string of the molecule is Cc1cc(C)c(C#N)c(SCc2nc3ccc(Cl)cc3c(=O)[nH]2)n1.